The van der Waals surface area contributed by atoms with E-state index in [1.807, 2.05) is 30.5 Å². The highest BCUT2D eigenvalue weighted by molar-refractivity contribution is 7.98. The van der Waals surface area contributed by atoms with Gasteiger partial charge < -0.3 is 19.5 Å². The van der Waals surface area contributed by atoms with Gasteiger partial charge in [-0.1, -0.05) is 12.1 Å². The predicted molar refractivity (Wildman–Crippen MR) is 102 cm³/mol. The van der Waals surface area contributed by atoms with E-state index in [2.05, 4.69) is 5.32 Å². The van der Waals surface area contributed by atoms with Gasteiger partial charge in [-0.25, -0.2) is 0 Å². The van der Waals surface area contributed by atoms with Crippen LogP contribution in [0.3, 0.4) is 0 Å². The summed E-state index contributed by atoms with van der Waals surface area (Å²) in [6, 6.07) is 11.2. The number of rotatable bonds is 7. The molecule has 6 heteroatoms. The highest BCUT2D eigenvalue weighted by Gasteiger charge is 2.12. The van der Waals surface area contributed by atoms with Crippen LogP contribution in [0.15, 0.2) is 47.4 Å². The van der Waals surface area contributed by atoms with Crippen molar-refractivity contribution in [1.82, 2.24) is 0 Å². The van der Waals surface area contributed by atoms with Gasteiger partial charge in [0.05, 0.1) is 27.0 Å². The number of hydrogen-bond acceptors (Lipinski definition) is 5. The minimum atomic E-state index is -0.213. The second-order valence-corrected chi connectivity index (χ2v) is 5.83. The number of anilines is 1. The number of amides is 1. The second-order valence-electron chi connectivity index (χ2n) is 4.98. The van der Waals surface area contributed by atoms with Crippen molar-refractivity contribution in [3.8, 4) is 17.2 Å². The molecule has 0 radical (unpaired) electrons. The molecule has 2 aromatic carbocycles. The lowest BCUT2D eigenvalue weighted by Crippen LogP contribution is -2.08. The maximum absolute atomic E-state index is 12.2. The second kappa shape index (κ2) is 9.03. The van der Waals surface area contributed by atoms with Gasteiger partial charge in [-0.3, -0.25) is 4.79 Å². The normalized spacial score (nSPS) is 10.6. The van der Waals surface area contributed by atoms with Crippen LogP contribution in [0.2, 0.25) is 0 Å². The van der Waals surface area contributed by atoms with Crippen molar-refractivity contribution in [3.05, 3.63) is 48.0 Å². The molecular weight excluding hydrogens is 338 g/mol. The Morgan fingerprint density at radius 2 is 1.68 bits per heavy atom. The Labute approximate surface area is 152 Å². The van der Waals surface area contributed by atoms with Crippen molar-refractivity contribution >= 4 is 29.4 Å². The van der Waals surface area contributed by atoms with Crippen LogP contribution >= 0.6 is 11.8 Å². The van der Waals surface area contributed by atoms with Gasteiger partial charge in [0.25, 0.3) is 0 Å². The number of nitrogens with one attached hydrogen (secondary N) is 1. The standard InChI is InChI=1S/C19H21NO4S/c1-22-15-11-13(12-16(23-2)19(15)24-3)9-10-18(21)20-14-7-5-6-8-17(14)25-4/h5-12H,1-4H3,(H,20,21)/b10-9+. The molecule has 0 aliphatic carbocycles. The molecule has 2 aromatic rings. The number of ether oxygens (including phenoxy) is 3. The number of para-hydroxylation sites is 1. The van der Waals surface area contributed by atoms with E-state index >= 15 is 0 Å². The Balaban J connectivity index is 2.19. The van der Waals surface area contributed by atoms with Crippen LogP contribution in [0.5, 0.6) is 17.2 Å². The monoisotopic (exact) mass is 359 g/mol. The molecule has 25 heavy (non-hydrogen) atoms. The van der Waals surface area contributed by atoms with Gasteiger partial charge in [0, 0.05) is 11.0 Å². The highest BCUT2D eigenvalue weighted by Crippen LogP contribution is 2.38. The van der Waals surface area contributed by atoms with E-state index in [1.54, 1.807) is 51.3 Å². The number of hydrogen-bond donors (Lipinski definition) is 1. The van der Waals surface area contributed by atoms with E-state index in [-0.39, 0.29) is 5.91 Å². The molecule has 1 N–H and O–H groups in total. The lowest BCUT2D eigenvalue weighted by atomic mass is 10.1. The number of benzene rings is 2. The summed E-state index contributed by atoms with van der Waals surface area (Å²) < 4.78 is 15.9. The quantitative estimate of drug-likeness (QED) is 0.596. The first-order valence-electron chi connectivity index (χ1n) is 7.55. The molecule has 0 aliphatic rings. The van der Waals surface area contributed by atoms with Gasteiger partial charge in [-0.2, -0.15) is 0 Å². The molecule has 0 atom stereocenters. The Hall–Kier alpha value is -2.60. The predicted octanol–water partition coefficient (Wildman–Crippen LogP) is 4.09. The molecule has 0 saturated heterocycles. The first-order chi connectivity index (χ1) is 12.1. The molecular formula is C19H21NO4S. The molecule has 132 valence electrons. The van der Waals surface area contributed by atoms with Crippen LogP contribution in [0.25, 0.3) is 6.08 Å². The van der Waals surface area contributed by atoms with Gasteiger partial charge in [-0.05, 0) is 42.2 Å². The lowest BCUT2D eigenvalue weighted by Gasteiger charge is -2.12. The van der Waals surface area contributed by atoms with Gasteiger partial charge in [0.1, 0.15) is 0 Å². The molecule has 0 aliphatic heterocycles. The molecule has 0 unspecified atom stereocenters. The van der Waals surface area contributed by atoms with Crippen LogP contribution in [-0.2, 0) is 4.79 Å². The SMILES string of the molecule is COc1cc(/C=C/C(=O)Nc2ccccc2SC)cc(OC)c1OC. The number of thioether (sulfide) groups is 1. The molecule has 0 aromatic heterocycles. The number of carbonyl (C=O) groups excluding carboxylic acids is 1. The molecule has 0 bridgehead atoms. The first-order valence-corrected chi connectivity index (χ1v) is 8.77. The Morgan fingerprint density at radius 3 is 2.24 bits per heavy atom. The summed E-state index contributed by atoms with van der Waals surface area (Å²) in [5.74, 6) is 1.38. The zero-order chi connectivity index (χ0) is 18.2. The Morgan fingerprint density at radius 1 is 1.04 bits per heavy atom. The van der Waals surface area contributed by atoms with Crippen molar-refractivity contribution in [2.75, 3.05) is 32.9 Å². The molecule has 0 saturated carbocycles. The zero-order valence-electron chi connectivity index (χ0n) is 14.7. The summed E-state index contributed by atoms with van der Waals surface area (Å²) in [7, 11) is 4.65. The van der Waals surface area contributed by atoms with Gasteiger partial charge in [0.15, 0.2) is 11.5 Å². The van der Waals surface area contributed by atoms with E-state index < -0.39 is 0 Å². The molecule has 1 amide bonds. The van der Waals surface area contributed by atoms with Gasteiger partial charge in [-0.15, -0.1) is 11.8 Å². The molecule has 2 rings (SSSR count). The molecule has 0 spiro atoms. The third kappa shape index (κ3) is 4.70. The summed E-state index contributed by atoms with van der Waals surface area (Å²) >= 11 is 1.58. The van der Waals surface area contributed by atoms with Crippen molar-refractivity contribution in [3.63, 3.8) is 0 Å². The highest BCUT2D eigenvalue weighted by atomic mass is 32.2. The molecule has 0 heterocycles. The van der Waals surface area contributed by atoms with E-state index in [1.165, 1.54) is 6.08 Å². The van der Waals surface area contributed by atoms with Crippen molar-refractivity contribution in [1.29, 1.82) is 0 Å². The fraction of sp³-hybridized carbons (Fsp3) is 0.211. The van der Waals surface area contributed by atoms with E-state index in [0.717, 1.165) is 16.1 Å². The van der Waals surface area contributed by atoms with Crippen molar-refractivity contribution in [2.24, 2.45) is 0 Å². The summed E-state index contributed by atoms with van der Waals surface area (Å²) in [6.45, 7) is 0. The van der Waals surface area contributed by atoms with Crippen LogP contribution in [-0.4, -0.2) is 33.5 Å². The topological polar surface area (TPSA) is 56.8 Å². The lowest BCUT2D eigenvalue weighted by molar-refractivity contribution is -0.111. The fourth-order valence-corrected chi connectivity index (χ4v) is 2.85. The third-order valence-corrected chi connectivity index (χ3v) is 4.27. The van der Waals surface area contributed by atoms with Crippen LogP contribution in [0, 0.1) is 0 Å². The summed E-state index contributed by atoms with van der Waals surface area (Å²) in [5, 5.41) is 2.88. The van der Waals surface area contributed by atoms with Gasteiger partial charge in [0.2, 0.25) is 11.7 Å². The average molecular weight is 359 g/mol. The van der Waals surface area contributed by atoms with Crippen LogP contribution in [0.4, 0.5) is 5.69 Å². The fourth-order valence-electron chi connectivity index (χ4n) is 2.29. The molecule has 5 nitrogen and oxygen atoms in total. The first kappa shape index (κ1) is 18.7. The largest absolute Gasteiger partial charge is 0.493 e. The maximum atomic E-state index is 12.2. The number of carbonyl (C=O) groups is 1. The van der Waals surface area contributed by atoms with Crippen molar-refractivity contribution in [2.45, 2.75) is 4.90 Å². The summed E-state index contributed by atoms with van der Waals surface area (Å²) in [6.07, 6.45) is 5.13. The smallest absolute Gasteiger partial charge is 0.248 e. The minimum absolute atomic E-state index is 0.213. The Bertz CT molecular complexity index is 749. The van der Waals surface area contributed by atoms with E-state index in [0.29, 0.717) is 17.2 Å². The Kier molecular flexibility index (Phi) is 6.77. The zero-order valence-corrected chi connectivity index (χ0v) is 15.5. The van der Waals surface area contributed by atoms with E-state index in [9.17, 15) is 4.79 Å². The summed E-state index contributed by atoms with van der Waals surface area (Å²) in [5.41, 5.74) is 1.55. The molecule has 0 fully saturated rings. The minimum Gasteiger partial charge on any atom is -0.493 e. The third-order valence-electron chi connectivity index (χ3n) is 3.48. The van der Waals surface area contributed by atoms with Gasteiger partial charge >= 0.3 is 0 Å². The van der Waals surface area contributed by atoms with Crippen LogP contribution in [0.1, 0.15) is 5.56 Å². The summed E-state index contributed by atoms with van der Waals surface area (Å²) in [4.78, 5) is 13.2. The average Bonchev–Trinajstić information content (AvgIpc) is 2.65. The number of methoxy groups -OCH3 is 3. The maximum Gasteiger partial charge on any atom is 0.248 e. The van der Waals surface area contributed by atoms with Crippen molar-refractivity contribution < 1.29 is 19.0 Å². The van der Waals surface area contributed by atoms with E-state index in [4.69, 9.17) is 14.2 Å². The van der Waals surface area contributed by atoms with Crippen LogP contribution < -0.4 is 19.5 Å².